The molecule has 0 aliphatic carbocycles. The van der Waals surface area contributed by atoms with Gasteiger partial charge in [0, 0.05) is 18.5 Å². The van der Waals surface area contributed by atoms with Crippen LogP contribution in [0.5, 0.6) is 5.88 Å². The molecule has 7 heteroatoms. The molecule has 0 spiro atoms. The van der Waals surface area contributed by atoms with E-state index >= 15 is 0 Å². The average molecular weight is 359 g/mol. The molecule has 1 aromatic carbocycles. The van der Waals surface area contributed by atoms with Gasteiger partial charge in [0.25, 0.3) is 5.91 Å². The Morgan fingerprint density at radius 3 is 2.63 bits per heavy atom. The summed E-state index contributed by atoms with van der Waals surface area (Å²) in [5, 5.41) is 10.7. The number of anilines is 1. The normalized spacial score (nSPS) is 11.9. The van der Waals surface area contributed by atoms with E-state index in [-0.39, 0.29) is 12.0 Å². The molecular formula is C20H17N5O2. The number of fused-ring (bicyclic) bond motifs is 1. The fraction of sp³-hybridized carbons (Fsp3) is 0.100. The summed E-state index contributed by atoms with van der Waals surface area (Å²) in [4.78, 5) is 16.7. The van der Waals surface area contributed by atoms with Gasteiger partial charge in [0.05, 0.1) is 5.56 Å². The van der Waals surface area contributed by atoms with Crippen LogP contribution in [0.25, 0.3) is 5.65 Å². The number of nitrogens with one attached hydrogen (secondary N) is 1. The Balaban J connectivity index is 1.44. The molecular weight excluding hydrogens is 342 g/mol. The minimum Gasteiger partial charge on any atom is -0.470 e. The Kier molecular flexibility index (Phi) is 4.49. The Hall–Kier alpha value is -3.74. The third kappa shape index (κ3) is 3.62. The highest BCUT2D eigenvalue weighted by Gasteiger charge is 2.13. The van der Waals surface area contributed by atoms with Gasteiger partial charge in [-0.2, -0.15) is 0 Å². The Morgan fingerprint density at radius 1 is 1.04 bits per heavy atom. The van der Waals surface area contributed by atoms with E-state index in [1.807, 2.05) is 55.5 Å². The third-order valence-corrected chi connectivity index (χ3v) is 4.10. The van der Waals surface area contributed by atoms with E-state index in [2.05, 4.69) is 20.5 Å². The second-order valence-electron chi connectivity index (χ2n) is 5.96. The maximum Gasteiger partial charge on any atom is 0.259 e. The van der Waals surface area contributed by atoms with Crippen molar-refractivity contribution in [2.75, 3.05) is 5.32 Å². The average Bonchev–Trinajstić information content (AvgIpc) is 3.12. The van der Waals surface area contributed by atoms with Gasteiger partial charge < -0.3 is 4.74 Å². The van der Waals surface area contributed by atoms with E-state index in [9.17, 15) is 4.79 Å². The lowest BCUT2D eigenvalue weighted by Gasteiger charge is -2.14. The second-order valence-corrected chi connectivity index (χ2v) is 5.96. The highest BCUT2D eigenvalue weighted by molar-refractivity contribution is 6.03. The number of carbonyl (C=O) groups excluding carboxylic acids is 1. The van der Waals surface area contributed by atoms with Crippen molar-refractivity contribution in [2.45, 2.75) is 13.0 Å². The highest BCUT2D eigenvalue weighted by atomic mass is 16.5. The summed E-state index contributed by atoms with van der Waals surface area (Å²) in [6.07, 6.45) is 3.12. The molecule has 27 heavy (non-hydrogen) atoms. The Bertz CT molecular complexity index is 1060. The first-order valence-electron chi connectivity index (χ1n) is 8.49. The molecule has 1 amide bonds. The minimum absolute atomic E-state index is 0.138. The first kappa shape index (κ1) is 16.7. The van der Waals surface area contributed by atoms with Crippen molar-refractivity contribution in [3.63, 3.8) is 0 Å². The molecule has 134 valence electrons. The SMILES string of the molecule is C[C@@H](Oc1ccc(C(=O)Nc2nnc3ccccn23)cn1)c1ccccc1. The summed E-state index contributed by atoms with van der Waals surface area (Å²) in [5.41, 5.74) is 2.12. The van der Waals surface area contributed by atoms with Crippen LogP contribution in [0.3, 0.4) is 0 Å². The van der Waals surface area contributed by atoms with Crippen LogP contribution in [0.1, 0.15) is 28.9 Å². The molecule has 0 aliphatic heterocycles. The van der Waals surface area contributed by atoms with Gasteiger partial charge in [0.2, 0.25) is 11.8 Å². The standard InChI is InChI=1S/C20H17N5O2/c1-14(15-7-3-2-4-8-15)27-18-11-10-16(13-21-18)19(26)22-20-24-23-17-9-5-6-12-25(17)20/h2-14H,1H3,(H,22,24,26)/t14-/m1/s1. The molecule has 3 heterocycles. The first-order chi connectivity index (χ1) is 13.2. The van der Waals surface area contributed by atoms with Crippen molar-refractivity contribution in [3.8, 4) is 5.88 Å². The zero-order chi connectivity index (χ0) is 18.6. The monoisotopic (exact) mass is 359 g/mol. The molecule has 3 aromatic heterocycles. The summed E-state index contributed by atoms with van der Waals surface area (Å²) >= 11 is 0. The lowest BCUT2D eigenvalue weighted by Crippen LogP contribution is -2.14. The fourth-order valence-corrected chi connectivity index (χ4v) is 2.66. The molecule has 1 N–H and O–H groups in total. The lowest BCUT2D eigenvalue weighted by atomic mass is 10.1. The van der Waals surface area contributed by atoms with Crippen LogP contribution >= 0.6 is 0 Å². The van der Waals surface area contributed by atoms with E-state index in [0.717, 1.165) is 5.56 Å². The van der Waals surface area contributed by atoms with Crippen molar-refractivity contribution >= 4 is 17.5 Å². The number of rotatable bonds is 5. The van der Waals surface area contributed by atoms with Gasteiger partial charge in [-0.15, -0.1) is 10.2 Å². The molecule has 0 bridgehead atoms. The van der Waals surface area contributed by atoms with Gasteiger partial charge in [-0.25, -0.2) is 4.98 Å². The number of hydrogen-bond donors (Lipinski definition) is 1. The summed E-state index contributed by atoms with van der Waals surface area (Å²) < 4.78 is 7.53. The van der Waals surface area contributed by atoms with Crippen LogP contribution in [0.15, 0.2) is 73.1 Å². The number of hydrogen-bond acceptors (Lipinski definition) is 5. The molecule has 4 aromatic rings. The molecule has 0 aliphatic rings. The van der Waals surface area contributed by atoms with E-state index in [0.29, 0.717) is 23.0 Å². The van der Waals surface area contributed by atoms with Gasteiger partial charge in [0.1, 0.15) is 6.10 Å². The number of carbonyl (C=O) groups is 1. The van der Waals surface area contributed by atoms with E-state index in [4.69, 9.17) is 4.74 Å². The van der Waals surface area contributed by atoms with E-state index < -0.39 is 0 Å². The van der Waals surface area contributed by atoms with Crippen LogP contribution in [0, 0.1) is 0 Å². The van der Waals surface area contributed by atoms with Crippen LogP contribution in [0.4, 0.5) is 5.95 Å². The number of nitrogens with zero attached hydrogens (tertiary/aromatic N) is 4. The molecule has 0 saturated carbocycles. The first-order valence-corrected chi connectivity index (χ1v) is 8.49. The molecule has 1 atom stereocenters. The molecule has 0 saturated heterocycles. The zero-order valence-electron chi connectivity index (χ0n) is 14.6. The summed E-state index contributed by atoms with van der Waals surface area (Å²) in [7, 11) is 0. The number of pyridine rings is 2. The molecule has 0 radical (unpaired) electrons. The molecule has 7 nitrogen and oxygen atoms in total. The van der Waals surface area contributed by atoms with Crippen molar-refractivity contribution in [1.82, 2.24) is 19.6 Å². The topological polar surface area (TPSA) is 81.4 Å². The third-order valence-electron chi connectivity index (χ3n) is 4.10. The smallest absolute Gasteiger partial charge is 0.259 e. The molecule has 4 rings (SSSR count). The quantitative estimate of drug-likeness (QED) is 0.590. The summed E-state index contributed by atoms with van der Waals surface area (Å²) in [5.74, 6) is 0.493. The predicted octanol–water partition coefficient (Wildman–Crippen LogP) is 3.52. The van der Waals surface area contributed by atoms with Crippen LogP contribution in [-0.2, 0) is 0 Å². The Labute approximate surface area is 155 Å². The second kappa shape index (κ2) is 7.25. The predicted molar refractivity (Wildman–Crippen MR) is 101 cm³/mol. The van der Waals surface area contributed by atoms with Crippen molar-refractivity contribution in [1.29, 1.82) is 0 Å². The Morgan fingerprint density at radius 2 is 1.85 bits per heavy atom. The van der Waals surface area contributed by atoms with Crippen molar-refractivity contribution in [2.24, 2.45) is 0 Å². The largest absolute Gasteiger partial charge is 0.470 e. The van der Waals surface area contributed by atoms with Crippen molar-refractivity contribution in [3.05, 3.63) is 84.2 Å². The summed E-state index contributed by atoms with van der Waals surface area (Å²) in [6, 6.07) is 18.7. The maximum absolute atomic E-state index is 12.4. The van der Waals surface area contributed by atoms with E-state index in [1.54, 1.807) is 22.7 Å². The van der Waals surface area contributed by atoms with Crippen molar-refractivity contribution < 1.29 is 9.53 Å². The van der Waals surface area contributed by atoms with Gasteiger partial charge in [-0.05, 0) is 30.7 Å². The number of benzene rings is 1. The van der Waals surface area contributed by atoms with Crippen LogP contribution in [-0.4, -0.2) is 25.5 Å². The van der Waals surface area contributed by atoms with Gasteiger partial charge in [-0.3, -0.25) is 14.5 Å². The van der Waals surface area contributed by atoms with Crippen LogP contribution in [0.2, 0.25) is 0 Å². The summed E-state index contributed by atoms with van der Waals surface area (Å²) in [6.45, 7) is 1.95. The number of aromatic nitrogens is 4. The fourth-order valence-electron chi connectivity index (χ4n) is 2.66. The zero-order valence-corrected chi connectivity index (χ0v) is 14.6. The highest BCUT2D eigenvalue weighted by Crippen LogP contribution is 2.20. The number of ether oxygens (including phenoxy) is 1. The van der Waals surface area contributed by atoms with Gasteiger partial charge >= 0.3 is 0 Å². The van der Waals surface area contributed by atoms with Gasteiger partial charge in [-0.1, -0.05) is 36.4 Å². The molecule has 0 fully saturated rings. The van der Waals surface area contributed by atoms with Crippen LogP contribution < -0.4 is 10.1 Å². The maximum atomic E-state index is 12.4. The molecule has 0 unspecified atom stereocenters. The lowest BCUT2D eigenvalue weighted by molar-refractivity contribution is 0.102. The van der Waals surface area contributed by atoms with E-state index in [1.165, 1.54) is 6.20 Å². The van der Waals surface area contributed by atoms with Gasteiger partial charge in [0.15, 0.2) is 5.65 Å². The minimum atomic E-state index is -0.316. The number of amides is 1.